The van der Waals surface area contributed by atoms with Gasteiger partial charge in [0.25, 0.3) is 0 Å². The molecule has 0 unspecified atom stereocenters. The zero-order valence-corrected chi connectivity index (χ0v) is 11.6. The normalized spacial score (nSPS) is 22.5. The lowest BCUT2D eigenvalue weighted by molar-refractivity contribution is -0.134. The van der Waals surface area contributed by atoms with E-state index in [2.05, 4.69) is 41.4 Å². The average Bonchev–Trinajstić information content (AvgIpc) is 3.09. The average molecular weight is 258 g/mol. The van der Waals surface area contributed by atoms with Gasteiger partial charge in [0.2, 0.25) is 5.91 Å². The summed E-state index contributed by atoms with van der Waals surface area (Å²) in [6, 6.07) is 9.03. The number of benzene rings is 1. The molecule has 1 aliphatic carbocycles. The Bertz CT molecular complexity index is 462. The first-order chi connectivity index (χ1) is 9.24. The molecule has 1 aliphatic heterocycles. The molecule has 1 heterocycles. The van der Waals surface area contributed by atoms with Gasteiger partial charge in [-0.2, -0.15) is 0 Å². The Labute approximate surface area is 115 Å². The first kappa shape index (κ1) is 12.7. The van der Waals surface area contributed by atoms with Gasteiger partial charge in [-0.15, -0.1) is 0 Å². The molecule has 3 nitrogen and oxygen atoms in total. The second-order valence-corrected chi connectivity index (χ2v) is 5.84. The summed E-state index contributed by atoms with van der Waals surface area (Å²) in [6.45, 7) is 3.86. The fraction of sp³-hybridized carbons (Fsp3) is 0.562. The molecule has 0 bridgehead atoms. The van der Waals surface area contributed by atoms with Crippen LogP contribution in [0.3, 0.4) is 0 Å². The number of hydrogen-bond donors (Lipinski definition) is 1. The summed E-state index contributed by atoms with van der Waals surface area (Å²) in [6.07, 6.45) is 4.46. The lowest BCUT2D eigenvalue weighted by atomic mass is 10.1. The zero-order valence-electron chi connectivity index (χ0n) is 11.6. The van der Waals surface area contributed by atoms with Crippen LogP contribution < -0.4 is 5.32 Å². The molecule has 3 rings (SSSR count). The third-order valence-electron chi connectivity index (χ3n) is 4.06. The first-order valence-electron chi connectivity index (χ1n) is 7.33. The minimum Gasteiger partial charge on any atom is -0.334 e. The van der Waals surface area contributed by atoms with E-state index in [1.807, 2.05) is 0 Å². The summed E-state index contributed by atoms with van der Waals surface area (Å²) in [5.74, 6) is 0.307. The Morgan fingerprint density at radius 2 is 2.21 bits per heavy atom. The Morgan fingerprint density at radius 1 is 1.37 bits per heavy atom. The van der Waals surface area contributed by atoms with Crippen LogP contribution in [0.1, 0.15) is 36.8 Å². The summed E-state index contributed by atoms with van der Waals surface area (Å²) in [5.41, 5.74) is 2.51. The van der Waals surface area contributed by atoms with E-state index < -0.39 is 0 Å². The van der Waals surface area contributed by atoms with Gasteiger partial charge >= 0.3 is 0 Å². The highest BCUT2D eigenvalue weighted by molar-refractivity contribution is 5.82. The van der Waals surface area contributed by atoms with E-state index in [9.17, 15) is 4.79 Å². The zero-order chi connectivity index (χ0) is 13.2. The molecule has 1 aromatic rings. The Kier molecular flexibility index (Phi) is 3.56. The highest BCUT2D eigenvalue weighted by Crippen LogP contribution is 2.29. The van der Waals surface area contributed by atoms with Gasteiger partial charge in [-0.25, -0.2) is 0 Å². The Morgan fingerprint density at radius 3 is 2.84 bits per heavy atom. The van der Waals surface area contributed by atoms with Crippen molar-refractivity contribution in [3.8, 4) is 0 Å². The Hall–Kier alpha value is -1.35. The van der Waals surface area contributed by atoms with E-state index >= 15 is 0 Å². The second kappa shape index (κ2) is 5.33. The second-order valence-electron chi connectivity index (χ2n) is 5.84. The molecule has 2 aliphatic rings. The number of aryl methyl sites for hydroxylation is 1. The van der Waals surface area contributed by atoms with Gasteiger partial charge in [0.15, 0.2) is 0 Å². The number of nitrogens with one attached hydrogen (secondary N) is 1. The number of rotatable bonds is 4. The van der Waals surface area contributed by atoms with E-state index in [1.165, 1.54) is 24.0 Å². The van der Waals surface area contributed by atoms with Crippen molar-refractivity contribution in [2.24, 2.45) is 0 Å². The molecule has 0 spiro atoms. The lowest BCUT2D eigenvalue weighted by Gasteiger charge is -2.26. The molecule has 1 atom stereocenters. The molecule has 1 saturated carbocycles. The monoisotopic (exact) mass is 258 g/mol. The van der Waals surface area contributed by atoms with E-state index in [0.717, 1.165) is 25.9 Å². The highest BCUT2D eigenvalue weighted by Gasteiger charge is 2.36. The summed E-state index contributed by atoms with van der Waals surface area (Å²) >= 11 is 0. The first-order valence-corrected chi connectivity index (χ1v) is 7.33. The van der Waals surface area contributed by atoms with Gasteiger partial charge in [0, 0.05) is 12.6 Å². The molecule has 1 aromatic carbocycles. The van der Waals surface area contributed by atoms with Gasteiger partial charge in [0.05, 0.1) is 6.04 Å². The predicted octanol–water partition coefficient (Wildman–Crippen LogP) is 2.24. The predicted molar refractivity (Wildman–Crippen MR) is 75.8 cm³/mol. The topological polar surface area (TPSA) is 32.3 Å². The van der Waals surface area contributed by atoms with E-state index in [1.54, 1.807) is 0 Å². The quantitative estimate of drug-likeness (QED) is 0.898. The van der Waals surface area contributed by atoms with Crippen LogP contribution in [0, 0.1) is 6.92 Å². The molecule has 102 valence electrons. The molecule has 0 radical (unpaired) electrons. The Balaban J connectivity index is 1.72. The minimum atomic E-state index is 0.0606. The maximum atomic E-state index is 12.6. The van der Waals surface area contributed by atoms with Crippen molar-refractivity contribution in [1.82, 2.24) is 10.2 Å². The fourth-order valence-corrected chi connectivity index (χ4v) is 2.88. The molecule has 0 aromatic heterocycles. The maximum Gasteiger partial charge on any atom is 0.240 e. The molecular weight excluding hydrogens is 236 g/mol. The van der Waals surface area contributed by atoms with Gasteiger partial charge in [-0.05, 0) is 44.7 Å². The van der Waals surface area contributed by atoms with E-state index in [4.69, 9.17) is 0 Å². The standard InChI is InChI=1S/C16H22N2O/c1-12-4-2-5-13(10-12)11-18(14-7-8-14)16(19)15-6-3-9-17-15/h2,4-5,10,14-15,17H,3,6-9,11H2,1H3/t15-/m1/s1. The van der Waals surface area contributed by atoms with Gasteiger partial charge in [0.1, 0.15) is 0 Å². The van der Waals surface area contributed by atoms with Crippen LogP contribution in [0.5, 0.6) is 0 Å². The van der Waals surface area contributed by atoms with E-state index in [-0.39, 0.29) is 6.04 Å². The van der Waals surface area contributed by atoms with E-state index in [0.29, 0.717) is 11.9 Å². The SMILES string of the molecule is Cc1cccc(CN(C(=O)[C@H]2CCCN2)C2CC2)c1. The van der Waals surface area contributed by atoms with Crippen LogP contribution in [0.15, 0.2) is 24.3 Å². The number of carbonyl (C=O) groups is 1. The lowest BCUT2D eigenvalue weighted by Crippen LogP contribution is -2.44. The molecule has 2 fully saturated rings. The van der Waals surface area contributed by atoms with Crippen LogP contribution in [-0.4, -0.2) is 29.4 Å². The summed E-state index contributed by atoms with van der Waals surface area (Å²) < 4.78 is 0. The van der Waals surface area contributed by atoms with Crippen LogP contribution >= 0.6 is 0 Å². The summed E-state index contributed by atoms with van der Waals surface area (Å²) in [5, 5.41) is 3.33. The van der Waals surface area contributed by atoms with Crippen molar-refractivity contribution in [1.29, 1.82) is 0 Å². The van der Waals surface area contributed by atoms with Crippen LogP contribution in [0.2, 0.25) is 0 Å². The van der Waals surface area contributed by atoms with Crippen molar-refractivity contribution in [3.63, 3.8) is 0 Å². The minimum absolute atomic E-state index is 0.0606. The third kappa shape index (κ3) is 2.98. The van der Waals surface area contributed by atoms with Gasteiger partial charge in [-0.3, -0.25) is 4.79 Å². The van der Waals surface area contributed by atoms with Crippen molar-refractivity contribution < 1.29 is 4.79 Å². The van der Waals surface area contributed by atoms with Crippen molar-refractivity contribution in [3.05, 3.63) is 35.4 Å². The van der Waals surface area contributed by atoms with Crippen LogP contribution in [-0.2, 0) is 11.3 Å². The number of nitrogens with zero attached hydrogens (tertiary/aromatic N) is 1. The smallest absolute Gasteiger partial charge is 0.240 e. The van der Waals surface area contributed by atoms with Gasteiger partial charge < -0.3 is 10.2 Å². The van der Waals surface area contributed by atoms with Crippen molar-refractivity contribution >= 4 is 5.91 Å². The molecular formula is C16H22N2O. The van der Waals surface area contributed by atoms with Crippen LogP contribution in [0.25, 0.3) is 0 Å². The fourth-order valence-electron chi connectivity index (χ4n) is 2.88. The molecule has 1 N–H and O–H groups in total. The molecule has 19 heavy (non-hydrogen) atoms. The largest absolute Gasteiger partial charge is 0.334 e. The molecule has 1 saturated heterocycles. The summed E-state index contributed by atoms with van der Waals surface area (Å²) in [7, 11) is 0. The van der Waals surface area contributed by atoms with Crippen LogP contribution in [0.4, 0.5) is 0 Å². The number of hydrogen-bond acceptors (Lipinski definition) is 2. The van der Waals surface area contributed by atoms with Gasteiger partial charge in [-0.1, -0.05) is 29.8 Å². The molecule has 3 heteroatoms. The highest BCUT2D eigenvalue weighted by atomic mass is 16.2. The maximum absolute atomic E-state index is 12.6. The summed E-state index contributed by atoms with van der Waals surface area (Å²) in [4.78, 5) is 14.7. The third-order valence-corrected chi connectivity index (χ3v) is 4.06. The van der Waals surface area contributed by atoms with Crippen molar-refractivity contribution in [2.75, 3.05) is 6.54 Å². The molecule has 1 amide bonds. The van der Waals surface area contributed by atoms with Crippen molar-refractivity contribution in [2.45, 2.75) is 51.2 Å². The number of amides is 1. The number of carbonyl (C=O) groups excluding carboxylic acids is 1.